The van der Waals surface area contributed by atoms with Crippen molar-refractivity contribution in [3.8, 4) is 0 Å². The number of amides is 1. The Labute approximate surface area is 161 Å². The van der Waals surface area contributed by atoms with Crippen LogP contribution in [-0.2, 0) is 19.1 Å². The highest BCUT2D eigenvalue weighted by atomic mass is 16.8. The van der Waals surface area contributed by atoms with Gasteiger partial charge in [-0.2, -0.15) is 0 Å². The number of nitrogens with zero attached hydrogens (tertiary/aromatic N) is 1. The Morgan fingerprint density at radius 2 is 1.96 bits per heavy atom. The Hall–Kier alpha value is -2.14. The first-order chi connectivity index (χ1) is 12.8. The summed E-state index contributed by atoms with van der Waals surface area (Å²) >= 11 is 0. The molecule has 1 saturated heterocycles. The fraction of sp³-hybridized carbons (Fsp3) is 0.545. The van der Waals surface area contributed by atoms with Gasteiger partial charge in [0.1, 0.15) is 0 Å². The number of hydrogen-bond donors (Lipinski definition) is 0. The predicted molar refractivity (Wildman–Crippen MR) is 104 cm³/mol. The van der Waals surface area contributed by atoms with Gasteiger partial charge in [0.15, 0.2) is 6.10 Å². The van der Waals surface area contributed by atoms with Crippen molar-refractivity contribution in [2.75, 3.05) is 13.1 Å². The van der Waals surface area contributed by atoms with E-state index in [4.69, 9.17) is 9.47 Å². The van der Waals surface area contributed by atoms with E-state index >= 15 is 0 Å². The van der Waals surface area contributed by atoms with Crippen molar-refractivity contribution in [1.29, 1.82) is 0 Å². The monoisotopic (exact) mass is 371 g/mol. The molecule has 1 aromatic carbocycles. The summed E-state index contributed by atoms with van der Waals surface area (Å²) in [5.74, 6) is -1.66. The summed E-state index contributed by atoms with van der Waals surface area (Å²) in [5.41, 5.74) is 2.46. The van der Waals surface area contributed by atoms with Crippen LogP contribution in [0, 0.1) is 11.8 Å². The Morgan fingerprint density at radius 3 is 2.48 bits per heavy atom. The zero-order valence-corrected chi connectivity index (χ0v) is 16.6. The molecule has 0 radical (unpaired) electrons. The number of cyclic esters (lactones) is 1. The zero-order valence-electron chi connectivity index (χ0n) is 16.6. The van der Waals surface area contributed by atoms with Gasteiger partial charge in [-0.25, -0.2) is 4.79 Å². The highest BCUT2D eigenvalue weighted by Crippen LogP contribution is 2.33. The van der Waals surface area contributed by atoms with Crippen molar-refractivity contribution >= 4 is 17.4 Å². The molecule has 3 rings (SSSR count). The van der Waals surface area contributed by atoms with E-state index < -0.39 is 23.8 Å². The molecule has 5 heteroatoms. The molecule has 27 heavy (non-hydrogen) atoms. The molecule has 2 aliphatic rings. The van der Waals surface area contributed by atoms with Gasteiger partial charge in [0, 0.05) is 26.9 Å². The van der Waals surface area contributed by atoms with Crippen LogP contribution in [0.1, 0.15) is 46.1 Å². The molecule has 0 N–H and O–H groups in total. The zero-order chi connectivity index (χ0) is 19.6. The Balaban J connectivity index is 1.74. The maximum Gasteiger partial charge on any atom is 0.338 e. The molecule has 146 valence electrons. The Morgan fingerprint density at radius 1 is 1.26 bits per heavy atom. The molecule has 2 aliphatic heterocycles. The third-order valence-electron chi connectivity index (χ3n) is 5.06. The highest BCUT2D eigenvalue weighted by molar-refractivity contribution is 5.88. The summed E-state index contributed by atoms with van der Waals surface area (Å²) in [4.78, 5) is 27.4. The van der Waals surface area contributed by atoms with E-state index in [1.54, 1.807) is 13.8 Å². The topological polar surface area (TPSA) is 55.8 Å². The lowest BCUT2D eigenvalue weighted by Gasteiger charge is -2.32. The second-order valence-electron chi connectivity index (χ2n) is 8.23. The minimum atomic E-state index is -0.973. The quantitative estimate of drug-likeness (QED) is 0.742. The minimum absolute atomic E-state index is 0.0216. The van der Waals surface area contributed by atoms with Gasteiger partial charge in [-0.1, -0.05) is 50.3 Å². The van der Waals surface area contributed by atoms with Crippen LogP contribution < -0.4 is 0 Å². The molecule has 0 bridgehead atoms. The fourth-order valence-corrected chi connectivity index (χ4v) is 3.80. The molecule has 2 heterocycles. The molecule has 0 aliphatic carbocycles. The van der Waals surface area contributed by atoms with Crippen molar-refractivity contribution in [2.24, 2.45) is 11.8 Å². The normalized spacial score (nSPS) is 23.1. The molecule has 1 amide bonds. The largest absolute Gasteiger partial charge is 0.432 e. The van der Waals surface area contributed by atoms with E-state index in [9.17, 15) is 9.59 Å². The summed E-state index contributed by atoms with van der Waals surface area (Å²) in [6, 6.07) is 10.2. The van der Waals surface area contributed by atoms with Gasteiger partial charge < -0.3 is 14.4 Å². The van der Waals surface area contributed by atoms with Crippen LogP contribution in [-0.4, -0.2) is 41.8 Å². The maximum atomic E-state index is 13.2. The van der Waals surface area contributed by atoms with Crippen molar-refractivity contribution in [3.05, 3.63) is 42.0 Å². The number of benzene rings is 1. The highest BCUT2D eigenvalue weighted by Gasteiger charge is 2.48. The third-order valence-corrected chi connectivity index (χ3v) is 5.06. The first kappa shape index (κ1) is 19.6. The molecule has 0 spiro atoms. The number of carbonyl (C=O) groups excluding carboxylic acids is 2. The summed E-state index contributed by atoms with van der Waals surface area (Å²) in [6.07, 6.45) is 2.70. The number of esters is 1. The molecule has 0 saturated carbocycles. The van der Waals surface area contributed by atoms with E-state index in [0.29, 0.717) is 19.5 Å². The minimum Gasteiger partial charge on any atom is -0.432 e. The smallest absolute Gasteiger partial charge is 0.338 e. The van der Waals surface area contributed by atoms with Crippen molar-refractivity contribution in [2.45, 2.75) is 52.4 Å². The lowest BCUT2D eigenvalue weighted by molar-refractivity contribution is -0.163. The van der Waals surface area contributed by atoms with Crippen LogP contribution in [0.4, 0.5) is 0 Å². The standard InChI is InChI=1S/C22H29NO4/c1-15(2)14-18(19-21(25)27-22(3,4)26-19)20(24)23-12-10-17(11-13-23)16-8-6-5-7-9-16/h5-10,15,18-19H,11-14H2,1-4H3/t18-,19-/m0/s1. The van der Waals surface area contributed by atoms with Crippen molar-refractivity contribution in [3.63, 3.8) is 0 Å². The first-order valence-corrected chi connectivity index (χ1v) is 9.71. The predicted octanol–water partition coefficient (Wildman–Crippen LogP) is 3.64. The second-order valence-corrected chi connectivity index (χ2v) is 8.23. The van der Waals surface area contributed by atoms with E-state index in [-0.39, 0.29) is 11.8 Å². The number of hydrogen-bond acceptors (Lipinski definition) is 4. The van der Waals surface area contributed by atoms with E-state index in [1.165, 1.54) is 11.1 Å². The van der Waals surface area contributed by atoms with E-state index in [2.05, 4.69) is 32.1 Å². The summed E-state index contributed by atoms with van der Waals surface area (Å²) in [7, 11) is 0. The SMILES string of the molecule is CC(C)C[C@H](C(=O)N1CC=C(c2ccccc2)CC1)[C@@H]1OC(C)(C)OC1=O. The molecule has 1 fully saturated rings. The van der Waals surface area contributed by atoms with Gasteiger partial charge in [0.2, 0.25) is 11.7 Å². The van der Waals surface area contributed by atoms with Crippen molar-refractivity contribution < 1.29 is 19.1 Å². The molecular formula is C22H29NO4. The van der Waals surface area contributed by atoms with Gasteiger partial charge in [-0.15, -0.1) is 0 Å². The Kier molecular flexibility index (Phi) is 5.70. The average Bonchev–Trinajstić information content (AvgIpc) is 2.92. The molecular weight excluding hydrogens is 342 g/mol. The van der Waals surface area contributed by atoms with Gasteiger partial charge >= 0.3 is 5.97 Å². The van der Waals surface area contributed by atoms with Gasteiger partial charge in [0.25, 0.3) is 0 Å². The molecule has 5 nitrogen and oxygen atoms in total. The summed E-state index contributed by atoms with van der Waals surface area (Å²) in [6.45, 7) is 8.72. The summed E-state index contributed by atoms with van der Waals surface area (Å²) in [5, 5.41) is 0. The van der Waals surface area contributed by atoms with E-state index in [1.807, 2.05) is 23.1 Å². The fourth-order valence-electron chi connectivity index (χ4n) is 3.80. The average molecular weight is 371 g/mol. The van der Waals surface area contributed by atoms with Crippen LogP contribution in [0.3, 0.4) is 0 Å². The molecule has 2 atom stereocenters. The van der Waals surface area contributed by atoms with Crippen LogP contribution >= 0.6 is 0 Å². The van der Waals surface area contributed by atoms with Crippen LogP contribution in [0.5, 0.6) is 0 Å². The Bertz CT molecular complexity index is 723. The lowest BCUT2D eigenvalue weighted by atomic mass is 9.89. The third kappa shape index (κ3) is 4.59. The van der Waals surface area contributed by atoms with Gasteiger partial charge in [0.05, 0.1) is 5.92 Å². The first-order valence-electron chi connectivity index (χ1n) is 9.71. The van der Waals surface area contributed by atoms with Gasteiger partial charge in [-0.3, -0.25) is 4.79 Å². The lowest BCUT2D eigenvalue weighted by Crippen LogP contribution is -2.45. The number of ether oxygens (including phenoxy) is 2. The van der Waals surface area contributed by atoms with Crippen LogP contribution in [0.15, 0.2) is 36.4 Å². The molecule has 0 aromatic heterocycles. The van der Waals surface area contributed by atoms with Gasteiger partial charge in [-0.05, 0) is 29.9 Å². The van der Waals surface area contributed by atoms with Crippen LogP contribution in [0.2, 0.25) is 0 Å². The maximum absolute atomic E-state index is 13.2. The molecule has 1 aromatic rings. The number of carbonyl (C=O) groups is 2. The van der Waals surface area contributed by atoms with E-state index in [0.717, 1.165) is 6.42 Å². The second kappa shape index (κ2) is 7.85. The van der Waals surface area contributed by atoms with Crippen LogP contribution in [0.25, 0.3) is 5.57 Å². The van der Waals surface area contributed by atoms with Crippen molar-refractivity contribution in [1.82, 2.24) is 4.90 Å². The summed E-state index contributed by atoms with van der Waals surface area (Å²) < 4.78 is 11.1. The number of rotatable bonds is 5. The molecule has 0 unspecified atom stereocenters.